The molecule has 3 aliphatic carbocycles. The number of hydrogen-bond acceptors (Lipinski definition) is 6. The van der Waals surface area contributed by atoms with Crippen molar-refractivity contribution in [2.45, 2.75) is 153 Å². The van der Waals surface area contributed by atoms with Crippen LogP contribution in [0.5, 0.6) is 0 Å². The van der Waals surface area contributed by atoms with Crippen LogP contribution >= 0.6 is 0 Å². The van der Waals surface area contributed by atoms with Crippen LogP contribution in [0.2, 0.25) is 34.8 Å². The van der Waals surface area contributed by atoms with Gasteiger partial charge in [0.15, 0.2) is 0 Å². The van der Waals surface area contributed by atoms with Crippen molar-refractivity contribution in [3.8, 4) is 0 Å². The maximum atomic E-state index is 7.87. The van der Waals surface area contributed by atoms with Crippen molar-refractivity contribution in [2.24, 2.45) is 17.8 Å². The molecular weight excluding hydrogens is 577 g/mol. The second kappa shape index (κ2) is 16.8. The fourth-order valence-electron chi connectivity index (χ4n) is 8.06. The van der Waals surface area contributed by atoms with Crippen molar-refractivity contribution in [1.29, 1.82) is 0 Å². The largest absolute Gasteiger partial charge is 0.415 e. The van der Waals surface area contributed by atoms with Crippen molar-refractivity contribution in [1.82, 2.24) is 0 Å². The zero-order chi connectivity index (χ0) is 30.1. The Kier molecular flexibility index (Phi) is 14.1. The summed E-state index contributed by atoms with van der Waals surface area (Å²) >= 11 is 0. The van der Waals surface area contributed by atoms with Crippen LogP contribution in [-0.4, -0.2) is 65.3 Å². The van der Waals surface area contributed by atoms with Crippen LogP contribution in [-0.2, 0) is 26.6 Å². The number of rotatable bonds is 18. The maximum absolute atomic E-state index is 7.87. The van der Waals surface area contributed by atoms with Gasteiger partial charge in [-0.2, -0.15) is 0 Å². The van der Waals surface area contributed by atoms with Gasteiger partial charge in [0.25, 0.3) is 0 Å². The third-order valence-corrected chi connectivity index (χ3v) is 26.6. The first-order valence-corrected chi connectivity index (χ1v) is 24.3. The van der Waals surface area contributed by atoms with Crippen molar-refractivity contribution in [3.05, 3.63) is 0 Å². The molecule has 1 heterocycles. The molecule has 246 valence electrons. The van der Waals surface area contributed by atoms with Crippen LogP contribution in [0.3, 0.4) is 0 Å². The Bertz CT molecular complexity index is 657. The zero-order valence-electron chi connectivity index (χ0n) is 28.3. The zero-order valence-corrected chi connectivity index (χ0v) is 31.3. The fourth-order valence-corrected chi connectivity index (χ4v) is 29.5. The van der Waals surface area contributed by atoms with E-state index in [0.717, 1.165) is 57.8 Å². The molecule has 0 aromatic rings. The standard InChI is InChI=1S/C33H66O6Si3/c1-28(2)25-34-19-22-40(31-13-7-8-14-31)37-41(32-15-9-10-16-32,23-20-35-26-29(3)4)39-42(38-40,33-17-11-12-18-33)24-21-36-27-30(5)6/h28-33H,7-27H2,1-6H3. The van der Waals surface area contributed by atoms with Crippen LogP contribution in [0.25, 0.3) is 0 Å². The molecule has 0 radical (unpaired) electrons. The predicted molar refractivity (Wildman–Crippen MR) is 179 cm³/mol. The van der Waals surface area contributed by atoms with Gasteiger partial charge in [-0.1, -0.05) is 80.1 Å². The highest BCUT2D eigenvalue weighted by molar-refractivity contribution is 6.96. The van der Waals surface area contributed by atoms with Crippen molar-refractivity contribution in [2.75, 3.05) is 39.6 Å². The highest BCUT2D eigenvalue weighted by Crippen LogP contribution is 2.57. The molecule has 0 amide bonds. The molecule has 0 aromatic heterocycles. The lowest BCUT2D eigenvalue weighted by atomic mass is 10.2. The summed E-state index contributed by atoms with van der Waals surface area (Å²) in [5.74, 6) is 1.63. The van der Waals surface area contributed by atoms with Gasteiger partial charge in [-0.15, -0.1) is 0 Å². The molecule has 4 aliphatic rings. The van der Waals surface area contributed by atoms with Gasteiger partial charge in [-0.05, 0) is 56.3 Å². The maximum Gasteiger partial charge on any atom is 0.326 e. The van der Waals surface area contributed by atoms with E-state index in [2.05, 4.69) is 41.5 Å². The van der Waals surface area contributed by atoms with E-state index in [9.17, 15) is 0 Å². The minimum absolute atomic E-state index is 0.542. The molecule has 0 spiro atoms. The van der Waals surface area contributed by atoms with E-state index >= 15 is 0 Å². The molecule has 0 aromatic carbocycles. The van der Waals surface area contributed by atoms with Crippen LogP contribution in [0, 0.1) is 17.8 Å². The van der Waals surface area contributed by atoms with Crippen molar-refractivity contribution < 1.29 is 26.6 Å². The molecular formula is C33H66O6Si3. The van der Waals surface area contributed by atoms with E-state index in [4.69, 9.17) is 26.6 Å². The SMILES string of the molecule is CC(C)COCC[Si]1(C2CCCC2)O[Si](CCOCC(C)C)(C2CCCC2)O[Si](CCOCC(C)C)(C2CCCC2)O1. The second-order valence-electron chi connectivity index (χ2n) is 15.3. The lowest BCUT2D eigenvalue weighted by Crippen LogP contribution is -2.74. The Morgan fingerprint density at radius 1 is 0.452 bits per heavy atom. The van der Waals surface area contributed by atoms with E-state index in [0.29, 0.717) is 34.4 Å². The van der Waals surface area contributed by atoms with Crippen LogP contribution in [0.15, 0.2) is 0 Å². The average molecular weight is 643 g/mol. The van der Waals surface area contributed by atoms with Crippen molar-refractivity contribution >= 4 is 25.7 Å². The minimum atomic E-state index is -2.63. The molecule has 6 nitrogen and oxygen atoms in total. The lowest BCUT2D eigenvalue weighted by molar-refractivity contribution is 0.0955. The summed E-state index contributed by atoms with van der Waals surface area (Å²) in [5, 5.41) is 0. The lowest BCUT2D eigenvalue weighted by Gasteiger charge is -2.58. The number of ether oxygens (including phenoxy) is 3. The first kappa shape index (κ1) is 35.3. The van der Waals surface area contributed by atoms with Crippen molar-refractivity contribution in [3.63, 3.8) is 0 Å². The van der Waals surface area contributed by atoms with Gasteiger partial charge in [0.1, 0.15) is 0 Å². The van der Waals surface area contributed by atoms with Gasteiger partial charge in [0.05, 0.1) is 0 Å². The normalized spacial score (nSPS) is 31.9. The highest BCUT2D eigenvalue weighted by Gasteiger charge is 2.68. The third-order valence-electron chi connectivity index (χ3n) is 10.1. The summed E-state index contributed by atoms with van der Waals surface area (Å²) < 4.78 is 42.6. The minimum Gasteiger partial charge on any atom is -0.415 e. The summed E-state index contributed by atoms with van der Waals surface area (Å²) in [6.45, 7) is 18.2. The summed E-state index contributed by atoms with van der Waals surface area (Å²) in [7, 11) is -7.89. The molecule has 1 saturated heterocycles. The molecule has 0 bridgehead atoms. The molecule has 4 fully saturated rings. The number of hydrogen-bond donors (Lipinski definition) is 0. The van der Waals surface area contributed by atoms with Gasteiger partial charge in [0.2, 0.25) is 0 Å². The topological polar surface area (TPSA) is 55.4 Å². The monoisotopic (exact) mass is 642 g/mol. The van der Waals surface area contributed by atoms with Crippen LogP contribution in [0.4, 0.5) is 0 Å². The first-order valence-electron chi connectivity index (χ1n) is 18.0. The molecule has 42 heavy (non-hydrogen) atoms. The molecule has 3 saturated carbocycles. The Morgan fingerprint density at radius 2 is 0.690 bits per heavy atom. The van der Waals surface area contributed by atoms with E-state index in [1.807, 2.05) is 0 Å². The van der Waals surface area contributed by atoms with Gasteiger partial charge in [-0.3, -0.25) is 0 Å². The smallest absolute Gasteiger partial charge is 0.326 e. The molecule has 4 rings (SSSR count). The Balaban J connectivity index is 1.72. The summed E-state index contributed by atoms with van der Waals surface area (Å²) in [5.41, 5.74) is 1.70. The van der Waals surface area contributed by atoms with Gasteiger partial charge in [0, 0.05) is 74.4 Å². The van der Waals surface area contributed by atoms with E-state index in [-0.39, 0.29) is 0 Å². The van der Waals surface area contributed by atoms with Gasteiger partial charge < -0.3 is 26.6 Å². The Morgan fingerprint density at radius 3 is 0.905 bits per heavy atom. The summed E-state index contributed by atoms with van der Waals surface area (Å²) in [6, 6.07) is 2.91. The van der Waals surface area contributed by atoms with E-state index < -0.39 is 25.7 Å². The average Bonchev–Trinajstić information content (AvgIpc) is 3.75. The van der Waals surface area contributed by atoms with E-state index in [1.165, 1.54) is 77.0 Å². The van der Waals surface area contributed by atoms with E-state index in [1.54, 1.807) is 0 Å². The summed E-state index contributed by atoms with van der Waals surface area (Å²) in [6.07, 6.45) is 15.4. The van der Waals surface area contributed by atoms with Gasteiger partial charge >= 0.3 is 25.7 Å². The Hall–Kier alpha value is 0.411. The molecule has 0 atom stereocenters. The molecule has 1 aliphatic heterocycles. The fraction of sp³-hybridized carbons (Fsp3) is 1.00. The van der Waals surface area contributed by atoms with Gasteiger partial charge in [-0.25, -0.2) is 0 Å². The molecule has 0 N–H and O–H groups in total. The first-order chi connectivity index (χ1) is 20.2. The molecule has 9 heteroatoms. The highest BCUT2D eigenvalue weighted by atomic mass is 28.5. The Labute approximate surface area is 262 Å². The summed E-state index contributed by atoms with van der Waals surface area (Å²) in [4.78, 5) is 0. The second-order valence-corrected chi connectivity index (χ2v) is 26.6. The quantitative estimate of drug-likeness (QED) is 0.110. The van der Waals surface area contributed by atoms with Crippen LogP contribution in [0.1, 0.15) is 119 Å². The molecule has 0 unspecified atom stereocenters. The predicted octanol–water partition coefficient (Wildman–Crippen LogP) is 9.23. The third kappa shape index (κ3) is 9.47. The van der Waals surface area contributed by atoms with Crippen LogP contribution < -0.4 is 0 Å².